The summed E-state index contributed by atoms with van der Waals surface area (Å²) in [6.45, 7) is 0. The Balaban J connectivity index is 1.61. The molecule has 0 aliphatic rings. The number of hydrogen-bond donors (Lipinski definition) is 2. The van der Waals surface area contributed by atoms with Crippen molar-refractivity contribution < 1.29 is 19.2 Å². The van der Waals surface area contributed by atoms with Gasteiger partial charge in [0.25, 0.3) is 22.3 Å². The van der Waals surface area contributed by atoms with Crippen LogP contribution < -0.4 is 10.6 Å². The molecule has 2 N–H and O–H groups in total. The number of rotatable bonds is 6. The molecule has 0 fully saturated rings. The Morgan fingerprint density at radius 2 is 0.733 bits per heavy atom. The van der Waals surface area contributed by atoms with Gasteiger partial charge in [-0.3, -0.25) is 19.2 Å². The zero-order chi connectivity index (χ0) is 21.7. The van der Waals surface area contributed by atoms with Gasteiger partial charge >= 0.3 is 0 Å². The van der Waals surface area contributed by atoms with Crippen LogP contribution in [-0.4, -0.2) is 22.3 Å². The van der Waals surface area contributed by atoms with E-state index in [1.54, 1.807) is 24.3 Å². The zero-order valence-corrected chi connectivity index (χ0v) is 16.8. The van der Waals surface area contributed by atoms with Gasteiger partial charge in [-0.1, -0.05) is 0 Å². The van der Waals surface area contributed by atoms with E-state index in [9.17, 15) is 19.2 Å². The largest absolute Gasteiger partial charge is 0.322 e. The lowest BCUT2D eigenvalue weighted by atomic mass is 10.1. The summed E-state index contributed by atoms with van der Waals surface area (Å²) in [7, 11) is 0. The Morgan fingerprint density at radius 3 is 1.00 bits per heavy atom. The molecule has 3 aromatic rings. The Hall–Kier alpha value is -3.48. The highest BCUT2D eigenvalue weighted by atomic mass is 35.5. The Kier molecular flexibility index (Phi) is 6.61. The summed E-state index contributed by atoms with van der Waals surface area (Å²) in [5.41, 5.74) is 2.40. The van der Waals surface area contributed by atoms with Crippen molar-refractivity contribution in [3.8, 4) is 0 Å². The molecule has 0 aliphatic heterocycles. The third-order valence-corrected chi connectivity index (χ3v) is 4.59. The molecule has 2 amide bonds. The molecule has 0 atom stereocenters. The van der Waals surface area contributed by atoms with Gasteiger partial charge in [0.1, 0.15) is 0 Å². The van der Waals surface area contributed by atoms with E-state index in [2.05, 4.69) is 10.6 Å². The van der Waals surface area contributed by atoms with Crippen molar-refractivity contribution in [3.05, 3.63) is 95.1 Å². The molecule has 150 valence electrons. The molecule has 30 heavy (non-hydrogen) atoms. The van der Waals surface area contributed by atoms with Crippen molar-refractivity contribution in [3.63, 3.8) is 0 Å². The molecule has 0 unspecified atom stereocenters. The highest BCUT2D eigenvalue weighted by Crippen LogP contribution is 2.17. The maximum absolute atomic E-state index is 12.3. The molecule has 0 aromatic heterocycles. The van der Waals surface area contributed by atoms with Crippen molar-refractivity contribution in [1.82, 2.24) is 0 Å². The van der Waals surface area contributed by atoms with Gasteiger partial charge in [-0.2, -0.15) is 0 Å². The topological polar surface area (TPSA) is 92.3 Å². The standard InChI is InChI=1S/C22H14Cl2N2O4/c23-19(27)13-1-5-15(6-2-13)21(29)25-17-9-11-18(12-10-17)26-22(30)16-7-3-14(4-8-16)20(24)28/h1-12H,(H,25,29)(H,26,30). The molecule has 3 aromatic carbocycles. The van der Waals surface area contributed by atoms with E-state index in [0.717, 1.165) is 0 Å². The minimum atomic E-state index is -0.594. The van der Waals surface area contributed by atoms with Crippen molar-refractivity contribution in [2.45, 2.75) is 0 Å². The number of anilines is 2. The fourth-order valence-electron chi connectivity index (χ4n) is 2.55. The van der Waals surface area contributed by atoms with Crippen LogP contribution in [0.25, 0.3) is 0 Å². The number of nitrogens with one attached hydrogen (secondary N) is 2. The predicted octanol–water partition coefficient (Wildman–Crippen LogP) is 4.95. The van der Waals surface area contributed by atoms with Crippen LogP contribution in [0, 0.1) is 0 Å². The molecule has 8 heteroatoms. The number of carbonyl (C=O) groups is 4. The van der Waals surface area contributed by atoms with Crippen LogP contribution >= 0.6 is 23.2 Å². The molecule has 0 radical (unpaired) electrons. The normalized spacial score (nSPS) is 10.2. The minimum absolute atomic E-state index is 0.303. The lowest BCUT2D eigenvalue weighted by Gasteiger charge is -2.08. The molecule has 3 rings (SSSR count). The number of amides is 2. The molecule has 0 aliphatic carbocycles. The smallest absolute Gasteiger partial charge is 0.255 e. The Morgan fingerprint density at radius 1 is 0.467 bits per heavy atom. The van der Waals surface area contributed by atoms with Gasteiger partial charge in [0, 0.05) is 33.6 Å². The molecule has 0 saturated carbocycles. The van der Waals surface area contributed by atoms with Crippen LogP contribution in [0.2, 0.25) is 0 Å². The second kappa shape index (κ2) is 9.35. The number of benzene rings is 3. The van der Waals surface area contributed by atoms with E-state index in [1.807, 2.05) is 0 Å². The highest BCUT2D eigenvalue weighted by molar-refractivity contribution is 6.68. The van der Waals surface area contributed by atoms with E-state index in [-0.39, 0.29) is 11.8 Å². The maximum Gasteiger partial charge on any atom is 0.255 e. The molecule has 0 saturated heterocycles. The van der Waals surface area contributed by atoms with E-state index < -0.39 is 10.5 Å². The first-order chi connectivity index (χ1) is 14.3. The third kappa shape index (κ3) is 5.31. The maximum atomic E-state index is 12.3. The summed E-state index contributed by atoms with van der Waals surface area (Å²) in [6, 6.07) is 18.4. The van der Waals surface area contributed by atoms with Gasteiger partial charge in [0.2, 0.25) is 0 Å². The zero-order valence-electron chi connectivity index (χ0n) is 15.3. The second-order valence-corrected chi connectivity index (χ2v) is 6.87. The van der Waals surface area contributed by atoms with Gasteiger partial charge < -0.3 is 10.6 Å². The van der Waals surface area contributed by atoms with Gasteiger partial charge in [-0.15, -0.1) is 0 Å². The summed E-state index contributed by atoms with van der Waals surface area (Å²) in [6.07, 6.45) is 0. The minimum Gasteiger partial charge on any atom is -0.322 e. The first-order valence-electron chi connectivity index (χ1n) is 8.66. The van der Waals surface area contributed by atoms with E-state index in [1.165, 1.54) is 48.5 Å². The van der Waals surface area contributed by atoms with Gasteiger partial charge in [0.05, 0.1) is 0 Å². The van der Waals surface area contributed by atoms with Crippen LogP contribution in [0.3, 0.4) is 0 Å². The van der Waals surface area contributed by atoms with Crippen LogP contribution in [0.15, 0.2) is 72.8 Å². The van der Waals surface area contributed by atoms with Crippen LogP contribution in [-0.2, 0) is 0 Å². The lowest BCUT2D eigenvalue weighted by molar-refractivity contribution is 0.101. The summed E-state index contributed by atoms with van der Waals surface area (Å²) in [5, 5.41) is 4.26. The number of hydrogen-bond acceptors (Lipinski definition) is 4. The average Bonchev–Trinajstić information content (AvgIpc) is 2.75. The summed E-state index contributed by atoms with van der Waals surface area (Å²) >= 11 is 10.8. The molecule has 6 nitrogen and oxygen atoms in total. The van der Waals surface area contributed by atoms with Crippen molar-refractivity contribution >= 4 is 56.9 Å². The fourth-order valence-corrected chi connectivity index (χ4v) is 2.80. The average molecular weight is 441 g/mol. The number of carbonyl (C=O) groups excluding carboxylic acids is 4. The van der Waals surface area contributed by atoms with E-state index in [4.69, 9.17) is 23.2 Å². The summed E-state index contributed by atoms with van der Waals surface area (Å²) < 4.78 is 0. The van der Waals surface area contributed by atoms with Gasteiger partial charge in [0.15, 0.2) is 0 Å². The first-order valence-corrected chi connectivity index (χ1v) is 9.41. The molecule has 0 heterocycles. The molecular formula is C22H14Cl2N2O4. The Labute approximate surface area is 181 Å². The highest BCUT2D eigenvalue weighted by Gasteiger charge is 2.10. The van der Waals surface area contributed by atoms with Gasteiger partial charge in [-0.05, 0) is 96.0 Å². The van der Waals surface area contributed by atoms with Crippen LogP contribution in [0.1, 0.15) is 41.4 Å². The second-order valence-electron chi connectivity index (χ2n) is 6.19. The molecule has 0 spiro atoms. The summed E-state index contributed by atoms with van der Waals surface area (Å²) in [4.78, 5) is 46.7. The SMILES string of the molecule is O=C(Cl)c1ccc(C(=O)Nc2ccc(NC(=O)c3ccc(C(=O)Cl)cc3)cc2)cc1. The lowest BCUT2D eigenvalue weighted by Crippen LogP contribution is -2.13. The summed E-state index contributed by atoms with van der Waals surface area (Å²) in [5.74, 6) is -0.705. The van der Waals surface area contributed by atoms with Crippen LogP contribution in [0.5, 0.6) is 0 Å². The van der Waals surface area contributed by atoms with Crippen molar-refractivity contribution in [2.24, 2.45) is 0 Å². The quantitative estimate of drug-likeness (QED) is 0.530. The fraction of sp³-hybridized carbons (Fsp3) is 0. The van der Waals surface area contributed by atoms with Crippen LogP contribution in [0.4, 0.5) is 11.4 Å². The van der Waals surface area contributed by atoms with Gasteiger partial charge in [-0.25, -0.2) is 0 Å². The number of halogens is 2. The first kappa shape index (κ1) is 21.2. The van der Waals surface area contributed by atoms with Crippen molar-refractivity contribution in [2.75, 3.05) is 10.6 Å². The predicted molar refractivity (Wildman–Crippen MR) is 116 cm³/mol. The third-order valence-electron chi connectivity index (χ3n) is 4.15. The van der Waals surface area contributed by atoms with E-state index in [0.29, 0.717) is 33.6 Å². The molecule has 0 bridgehead atoms. The van der Waals surface area contributed by atoms with Crippen molar-refractivity contribution in [1.29, 1.82) is 0 Å². The Bertz CT molecular complexity index is 1020. The van der Waals surface area contributed by atoms with E-state index >= 15 is 0 Å². The monoisotopic (exact) mass is 440 g/mol. The molecular weight excluding hydrogens is 427 g/mol.